The Morgan fingerprint density at radius 2 is 1.95 bits per heavy atom. The molecule has 2 fully saturated rings. The Balaban J connectivity index is 1.30. The topological polar surface area (TPSA) is 24.5 Å². The van der Waals surface area contributed by atoms with Gasteiger partial charge < -0.3 is 10.1 Å². The van der Waals surface area contributed by atoms with Gasteiger partial charge in [0.15, 0.2) is 0 Å². The van der Waals surface area contributed by atoms with Crippen molar-refractivity contribution < 1.29 is 4.74 Å². The van der Waals surface area contributed by atoms with Gasteiger partial charge in [-0.25, -0.2) is 0 Å². The van der Waals surface area contributed by atoms with Crippen LogP contribution in [0.1, 0.15) is 30.7 Å². The highest BCUT2D eigenvalue weighted by molar-refractivity contribution is 9.10. The Kier molecular flexibility index (Phi) is 5.69. The van der Waals surface area contributed by atoms with Gasteiger partial charge in [0.2, 0.25) is 0 Å². The number of benzene rings is 1. The molecule has 0 bridgehead atoms. The molecule has 0 aromatic heterocycles. The van der Waals surface area contributed by atoms with Gasteiger partial charge in [-0.2, -0.15) is 0 Å². The van der Waals surface area contributed by atoms with Crippen LogP contribution < -0.4 is 5.32 Å². The quantitative estimate of drug-likeness (QED) is 0.796. The van der Waals surface area contributed by atoms with E-state index in [1.807, 2.05) is 0 Å². The van der Waals surface area contributed by atoms with Gasteiger partial charge >= 0.3 is 0 Å². The summed E-state index contributed by atoms with van der Waals surface area (Å²) in [6.07, 6.45) is 3.80. The van der Waals surface area contributed by atoms with Gasteiger partial charge in [-0.1, -0.05) is 34.1 Å². The Morgan fingerprint density at radius 3 is 2.71 bits per heavy atom. The molecule has 0 spiro atoms. The fraction of sp³-hybridized carbons (Fsp3) is 0.647. The number of rotatable bonds is 6. The first-order chi connectivity index (χ1) is 10.3. The van der Waals surface area contributed by atoms with Crippen LogP contribution in [-0.2, 0) is 4.74 Å². The number of nitrogens with one attached hydrogen (secondary N) is 1. The molecule has 0 radical (unpaired) electrons. The average Bonchev–Trinajstić information content (AvgIpc) is 2.47. The van der Waals surface area contributed by atoms with Crippen LogP contribution in [0, 0.1) is 0 Å². The molecule has 1 N–H and O–H groups in total. The summed E-state index contributed by atoms with van der Waals surface area (Å²) in [5.41, 5.74) is 1.48. The summed E-state index contributed by atoms with van der Waals surface area (Å²) >= 11 is 3.66. The minimum atomic E-state index is 0.715. The molecule has 0 unspecified atom stereocenters. The van der Waals surface area contributed by atoms with Gasteiger partial charge in [0, 0.05) is 23.6 Å². The van der Waals surface area contributed by atoms with E-state index in [1.165, 1.54) is 35.8 Å². The van der Waals surface area contributed by atoms with E-state index in [0.717, 1.165) is 38.8 Å². The number of ether oxygens (including phenoxy) is 1. The van der Waals surface area contributed by atoms with Crippen molar-refractivity contribution >= 4 is 15.9 Å². The van der Waals surface area contributed by atoms with Crippen molar-refractivity contribution in [3.05, 3.63) is 34.3 Å². The molecule has 1 saturated heterocycles. The van der Waals surface area contributed by atoms with Gasteiger partial charge in [-0.15, -0.1) is 0 Å². The number of halogens is 1. The van der Waals surface area contributed by atoms with Crippen LogP contribution in [0.25, 0.3) is 0 Å². The van der Waals surface area contributed by atoms with E-state index in [0.29, 0.717) is 6.04 Å². The smallest absolute Gasteiger partial charge is 0.0594 e. The lowest BCUT2D eigenvalue weighted by Crippen LogP contribution is -2.42. The van der Waals surface area contributed by atoms with Gasteiger partial charge in [0.25, 0.3) is 0 Å². The number of morpholine rings is 1. The fourth-order valence-corrected chi connectivity index (χ4v) is 3.89. The molecule has 1 saturated carbocycles. The Hall–Kier alpha value is -0.420. The van der Waals surface area contributed by atoms with Gasteiger partial charge in [0.1, 0.15) is 0 Å². The third-order valence-electron chi connectivity index (χ3n) is 4.67. The molecule has 3 rings (SSSR count). The lowest BCUT2D eigenvalue weighted by molar-refractivity contribution is 0.0372. The molecule has 1 heterocycles. The zero-order chi connectivity index (χ0) is 14.5. The summed E-state index contributed by atoms with van der Waals surface area (Å²) in [6, 6.07) is 9.35. The predicted molar refractivity (Wildman–Crippen MR) is 89.8 cm³/mol. The molecule has 21 heavy (non-hydrogen) atoms. The van der Waals surface area contributed by atoms with Crippen LogP contribution in [-0.4, -0.2) is 50.3 Å². The van der Waals surface area contributed by atoms with E-state index in [9.17, 15) is 0 Å². The summed E-state index contributed by atoms with van der Waals surface area (Å²) in [5, 5.41) is 3.70. The summed E-state index contributed by atoms with van der Waals surface area (Å²) < 4.78 is 6.64. The van der Waals surface area contributed by atoms with Crippen molar-refractivity contribution in [2.24, 2.45) is 0 Å². The molecule has 116 valence electrons. The lowest BCUT2D eigenvalue weighted by Gasteiger charge is -2.37. The first-order valence-corrected chi connectivity index (χ1v) is 8.90. The number of nitrogens with zero attached hydrogens (tertiary/aromatic N) is 1. The second-order valence-corrected chi connectivity index (χ2v) is 7.00. The van der Waals surface area contributed by atoms with E-state index in [-0.39, 0.29) is 0 Å². The fourth-order valence-electron chi connectivity index (χ4n) is 3.28. The molecule has 1 aromatic carbocycles. The van der Waals surface area contributed by atoms with Crippen molar-refractivity contribution in [2.75, 3.05) is 39.4 Å². The molecule has 4 heteroatoms. The maximum atomic E-state index is 5.37. The standard InChI is InChI=1S/C17H25BrN2O/c18-17-5-2-1-4-16(17)14-12-15(13-14)19-6-3-7-20-8-10-21-11-9-20/h1-2,4-5,14-15,19H,3,6-13H2. The lowest BCUT2D eigenvalue weighted by atomic mass is 9.76. The first-order valence-electron chi connectivity index (χ1n) is 8.11. The van der Waals surface area contributed by atoms with E-state index in [4.69, 9.17) is 4.74 Å². The van der Waals surface area contributed by atoms with Gasteiger partial charge in [-0.05, 0) is 49.9 Å². The molecule has 1 aromatic rings. The first kappa shape index (κ1) is 15.5. The Bertz CT molecular complexity index is 442. The van der Waals surface area contributed by atoms with Crippen LogP contribution in [0.3, 0.4) is 0 Å². The maximum absolute atomic E-state index is 5.37. The normalized spacial score (nSPS) is 26.5. The molecule has 1 aliphatic carbocycles. The molecule has 1 aliphatic heterocycles. The van der Waals surface area contributed by atoms with Crippen molar-refractivity contribution in [1.29, 1.82) is 0 Å². The highest BCUT2D eigenvalue weighted by atomic mass is 79.9. The minimum Gasteiger partial charge on any atom is -0.379 e. The highest BCUT2D eigenvalue weighted by Crippen LogP contribution is 2.39. The van der Waals surface area contributed by atoms with Gasteiger partial charge in [-0.3, -0.25) is 4.90 Å². The largest absolute Gasteiger partial charge is 0.379 e. The molecule has 0 atom stereocenters. The summed E-state index contributed by atoms with van der Waals surface area (Å²) in [5.74, 6) is 0.734. The Morgan fingerprint density at radius 1 is 1.19 bits per heavy atom. The third-order valence-corrected chi connectivity index (χ3v) is 5.39. The van der Waals surface area contributed by atoms with Crippen molar-refractivity contribution in [1.82, 2.24) is 10.2 Å². The van der Waals surface area contributed by atoms with Gasteiger partial charge in [0.05, 0.1) is 13.2 Å². The van der Waals surface area contributed by atoms with Crippen molar-refractivity contribution in [2.45, 2.75) is 31.2 Å². The molecular weight excluding hydrogens is 328 g/mol. The van der Waals surface area contributed by atoms with Crippen molar-refractivity contribution in [3.8, 4) is 0 Å². The van der Waals surface area contributed by atoms with Crippen LogP contribution in [0.4, 0.5) is 0 Å². The van der Waals surface area contributed by atoms with E-state index < -0.39 is 0 Å². The highest BCUT2D eigenvalue weighted by Gasteiger charge is 2.30. The van der Waals surface area contributed by atoms with Crippen LogP contribution in [0.15, 0.2) is 28.7 Å². The second-order valence-electron chi connectivity index (χ2n) is 6.15. The summed E-state index contributed by atoms with van der Waals surface area (Å²) in [4.78, 5) is 2.51. The molecule has 2 aliphatic rings. The summed E-state index contributed by atoms with van der Waals surface area (Å²) in [7, 11) is 0. The van der Waals surface area contributed by atoms with E-state index in [1.54, 1.807) is 0 Å². The minimum absolute atomic E-state index is 0.715. The van der Waals surface area contributed by atoms with Crippen LogP contribution in [0.2, 0.25) is 0 Å². The molecule has 3 nitrogen and oxygen atoms in total. The number of hydrogen-bond donors (Lipinski definition) is 1. The average molecular weight is 353 g/mol. The monoisotopic (exact) mass is 352 g/mol. The zero-order valence-electron chi connectivity index (χ0n) is 12.6. The second kappa shape index (κ2) is 7.73. The van der Waals surface area contributed by atoms with E-state index in [2.05, 4.69) is 50.4 Å². The third kappa shape index (κ3) is 4.28. The molecule has 0 amide bonds. The van der Waals surface area contributed by atoms with Crippen LogP contribution in [0.5, 0.6) is 0 Å². The predicted octanol–water partition coefficient (Wildman–Crippen LogP) is 3.01. The summed E-state index contributed by atoms with van der Waals surface area (Å²) in [6.45, 7) is 6.37. The SMILES string of the molecule is Brc1ccccc1C1CC(NCCCN2CCOCC2)C1. The number of hydrogen-bond acceptors (Lipinski definition) is 3. The molecular formula is C17H25BrN2O. The maximum Gasteiger partial charge on any atom is 0.0594 e. The van der Waals surface area contributed by atoms with Crippen molar-refractivity contribution in [3.63, 3.8) is 0 Å². The zero-order valence-corrected chi connectivity index (χ0v) is 14.1. The Labute approximate surface area is 136 Å². The van der Waals surface area contributed by atoms with E-state index >= 15 is 0 Å². The van der Waals surface area contributed by atoms with Crippen LogP contribution >= 0.6 is 15.9 Å².